The Labute approximate surface area is 118 Å². The minimum atomic E-state index is 0.366. The van der Waals surface area contributed by atoms with E-state index in [9.17, 15) is 5.11 Å². The number of rotatable bonds is 7. The molecule has 106 valence electrons. The molecule has 0 atom stereocenters. The first-order chi connectivity index (χ1) is 8.97. The molecule has 1 rings (SSSR count). The van der Waals surface area contributed by atoms with E-state index < -0.39 is 0 Å². The van der Waals surface area contributed by atoms with Crippen molar-refractivity contribution in [3.05, 3.63) is 41.5 Å². The Morgan fingerprint density at radius 1 is 1.05 bits per heavy atom. The average molecular weight is 260 g/mol. The molecular formula is C18H28O. The maximum absolute atomic E-state index is 10.4. The second-order valence-electron chi connectivity index (χ2n) is 5.97. The molecule has 0 bridgehead atoms. The van der Waals surface area contributed by atoms with Crippen LogP contribution in [-0.2, 0) is 6.42 Å². The number of phenols is 1. The predicted octanol–water partition coefficient (Wildman–Crippen LogP) is 5.54. The van der Waals surface area contributed by atoms with E-state index in [1.54, 1.807) is 0 Å². The Morgan fingerprint density at radius 3 is 2.00 bits per heavy atom. The zero-order valence-corrected chi connectivity index (χ0v) is 12.9. The molecule has 1 aromatic rings. The van der Waals surface area contributed by atoms with Crippen molar-refractivity contribution in [2.45, 2.75) is 65.2 Å². The van der Waals surface area contributed by atoms with E-state index >= 15 is 0 Å². The van der Waals surface area contributed by atoms with Crippen molar-refractivity contribution < 1.29 is 5.11 Å². The van der Waals surface area contributed by atoms with Crippen molar-refractivity contribution in [3.8, 4) is 5.75 Å². The maximum atomic E-state index is 10.4. The molecule has 1 nitrogen and oxygen atoms in total. The summed E-state index contributed by atoms with van der Waals surface area (Å²) in [4.78, 5) is 0. The largest absolute Gasteiger partial charge is 0.507 e. The van der Waals surface area contributed by atoms with E-state index in [-0.39, 0.29) is 0 Å². The Bertz CT molecular complexity index is 387. The van der Waals surface area contributed by atoms with Crippen LogP contribution in [0.4, 0.5) is 0 Å². The summed E-state index contributed by atoms with van der Waals surface area (Å²) in [5, 5.41) is 10.4. The molecule has 0 aliphatic carbocycles. The van der Waals surface area contributed by atoms with Gasteiger partial charge in [0.1, 0.15) is 5.75 Å². The summed E-state index contributed by atoms with van der Waals surface area (Å²) < 4.78 is 0. The van der Waals surface area contributed by atoms with Gasteiger partial charge in [-0.3, -0.25) is 0 Å². The minimum absolute atomic E-state index is 0.366. The topological polar surface area (TPSA) is 20.2 Å². The summed E-state index contributed by atoms with van der Waals surface area (Å²) in [6, 6.07) is 4.36. The standard InChI is InChI=1S/C18H28O/c1-6-7-8-9-10-15-11-16(13(2)3)18(19)17(12-15)14(4)5/h6,11-14,19H,1,7-10H2,2-5H3. The van der Waals surface area contributed by atoms with Gasteiger partial charge in [-0.2, -0.15) is 0 Å². The van der Waals surface area contributed by atoms with Crippen molar-refractivity contribution >= 4 is 0 Å². The Kier molecular flexibility index (Phi) is 6.14. The first-order valence-electron chi connectivity index (χ1n) is 7.44. The molecular weight excluding hydrogens is 232 g/mol. The Balaban J connectivity index is 2.95. The zero-order valence-electron chi connectivity index (χ0n) is 12.9. The van der Waals surface area contributed by atoms with Crippen LogP contribution in [0.3, 0.4) is 0 Å². The maximum Gasteiger partial charge on any atom is 0.122 e. The lowest BCUT2D eigenvalue weighted by atomic mass is 9.90. The van der Waals surface area contributed by atoms with E-state index in [1.165, 1.54) is 18.4 Å². The van der Waals surface area contributed by atoms with Crippen LogP contribution in [0.25, 0.3) is 0 Å². The highest BCUT2D eigenvalue weighted by atomic mass is 16.3. The molecule has 0 aliphatic rings. The lowest BCUT2D eigenvalue weighted by Crippen LogP contribution is -1.99. The van der Waals surface area contributed by atoms with Crippen molar-refractivity contribution in [1.29, 1.82) is 0 Å². The van der Waals surface area contributed by atoms with Crippen LogP contribution in [0.15, 0.2) is 24.8 Å². The van der Waals surface area contributed by atoms with Gasteiger partial charge >= 0.3 is 0 Å². The summed E-state index contributed by atoms with van der Waals surface area (Å²) in [7, 11) is 0. The highest BCUT2D eigenvalue weighted by Gasteiger charge is 2.14. The van der Waals surface area contributed by atoms with Gasteiger partial charge in [0.2, 0.25) is 0 Å². The minimum Gasteiger partial charge on any atom is -0.507 e. The van der Waals surface area contributed by atoms with Crippen LogP contribution < -0.4 is 0 Å². The van der Waals surface area contributed by atoms with Gasteiger partial charge in [-0.1, -0.05) is 45.9 Å². The number of aromatic hydroxyl groups is 1. The third kappa shape index (κ3) is 4.41. The molecule has 0 saturated carbocycles. The average Bonchev–Trinajstić information content (AvgIpc) is 2.35. The smallest absolute Gasteiger partial charge is 0.122 e. The molecule has 1 aromatic carbocycles. The fraction of sp³-hybridized carbons (Fsp3) is 0.556. The highest BCUT2D eigenvalue weighted by molar-refractivity contribution is 5.46. The van der Waals surface area contributed by atoms with Gasteiger partial charge in [0.05, 0.1) is 0 Å². The number of phenolic OH excluding ortho intramolecular Hbond substituents is 1. The molecule has 0 saturated heterocycles. The van der Waals surface area contributed by atoms with Crippen molar-refractivity contribution in [2.24, 2.45) is 0 Å². The lowest BCUT2D eigenvalue weighted by molar-refractivity contribution is 0.454. The molecule has 1 heteroatoms. The van der Waals surface area contributed by atoms with Crippen molar-refractivity contribution in [3.63, 3.8) is 0 Å². The molecule has 0 aromatic heterocycles. The van der Waals surface area contributed by atoms with E-state index in [1.807, 2.05) is 6.08 Å². The zero-order chi connectivity index (χ0) is 14.4. The molecule has 1 N–H and O–H groups in total. The van der Waals surface area contributed by atoms with Crippen LogP contribution in [0.2, 0.25) is 0 Å². The van der Waals surface area contributed by atoms with Gasteiger partial charge in [-0.25, -0.2) is 0 Å². The van der Waals surface area contributed by atoms with E-state index in [4.69, 9.17) is 0 Å². The lowest BCUT2D eigenvalue weighted by Gasteiger charge is -2.17. The van der Waals surface area contributed by atoms with Crippen LogP contribution in [0, 0.1) is 0 Å². The molecule has 0 fully saturated rings. The normalized spacial score (nSPS) is 11.3. The molecule has 19 heavy (non-hydrogen) atoms. The van der Waals surface area contributed by atoms with E-state index in [2.05, 4.69) is 46.4 Å². The summed E-state index contributed by atoms with van der Waals surface area (Å²) >= 11 is 0. The first kappa shape index (κ1) is 15.8. The third-order valence-electron chi connectivity index (χ3n) is 3.60. The van der Waals surface area contributed by atoms with Gasteiger partial charge in [-0.15, -0.1) is 6.58 Å². The van der Waals surface area contributed by atoms with Gasteiger partial charge in [-0.05, 0) is 54.2 Å². The number of benzene rings is 1. The number of aryl methyl sites for hydroxylation is 1. The van der Waals surface area contributed by atoms with Crippen molar-refractivity contribution in [2.75, 3.05) is 0 Å². The highest BCUT2D eigenvalue weighted by Crippen LogP contribution is 2.35. The van der Waals surface area contributed by atoms with Gasteiger partial charge < -0.3 is 5.11 Å². The summed E-state index contributed by atoms with van der Waals surface area (Å²) in [5.41, 5.74) is 3.53. The Morgan fingerprint density at radius 2 is 1.58 bits per heavy atom. The summed E-state index contributed by atoms with van der Waals surface area (Å²) in [5.74, 6) is 1.23. The summed E-state index contributed by atoms with van der Waals surface area (Å²) in [6.07, 6.45) is 6.54. The molecule has 0 spiro atoms. The molecule has 0 heterocycles. The van der Waals surface area contributed by atoms with Crippen LogP contribution in [-0.4, -0.2) is 5.11 Å². The number of hydrogen-bond donors (Lipinski definition) is 1. The first-order valence-corrected chi connectivity index (χ1v) is 7.44. The molecule has 0 radical (unpaired) electrons. The fourth-order valence-electron chi connectivity index (χ4n) is 2.39. The van der Waals surface area contributed by atoms with Crippen LogP contribution in [0.1, 0.15) is 75.5 Å². The molecule has 0 unspecified atom stereocenters. The van der Waals surface area contributed by atoms with Crippen molar-refractivity contribution in [1.82, 2.24) is 0 Å². The number of allylic oxidation sites excluding steroid dienone is 1. The number of hydrogen-bond acceptors (Lipinski definition) is 1. The summed E-state index contributed by atoms with van der Waals surface area (Å²) in [6.45, 7) is 12.3. The third-order valence-corrected chi connectivity index (χ3v) is 3.60. The van der Waals surface area contributed by atoms with E-state index in [0.717, 1.165) is 24.0 Å². The van der Waals surface area contributed by atoms with Crippen LogP contribution in [0.5, 0.6) is 5.75 Å². The fourth-order valence-corrected chi connectivity index (χ4v) is 2.39. The second-order valence-corrected chi connectivity index (χ2v) is 5.97. The number of unbranched alkanes of at least 4 members (excludes halogenated alkanes) is 2. The van der Waals surface area contributed by atoms with Crippen LogP contribution >= 0.6 is 0 Å². The van der Waals surface area contributed by atoms with Gasteiger partial charge in [0, 0.05) is 0 Å². The van der Waals surface area contributed by atoms with Gasteiger partial charge in [0.15, 0.2) is 0 Å². The monoisotopic (exact) mass is 260 g/mol. The van der Waals surface area contributed by atoms with Gasteiger partial charge in [0.25, 0.3) is 0 Å². The quantitative estimate of drug-likeness (QED) is 0.504. The second kappa shape index (κ2) is 7.37. The van der Waals surface area contributed by atoms with E-state index in [0.29, 0.717) is 17.6 Å². The molecule has 0 aliphatic heterocycles. The molecule has 0 amide bonds. The predicted molar refractivity (Wildman–Crippen MR) is 84.0 cm³/mol. The Hall–Kier alpha value is -1.24. The SMILES string of the molecule is C=CCCCCc1cc(C(C)C)c(O)c(C(C)C)c1.